The summed E-state index contributed by atoms with van der Waals surface area (Å²) in [5.74, 6) is 0.209. The number of morpholine rings is 1. The van der Waals surface area contributed by atoms with Crippen LogP contribution in [0.5, 0.6) is 5.88 Å². The van der Waals surface area contributed by atoms with Gasteiger partial charge in [0, 0.05) is 57.1 Å². The fourth-order valence-electron chi connectivity index (χ4n) is 5.82. The molecule has 3 aliphatic rings. The van der Waals surface area contributed by atoms with E-state index in [1.54, 1.807) is 18.3 Å². The molecular formula is C30H42FN5O4. The normalized spacial score (nSPS) is 25.9. The van der Waals surface area contributed by atoms with E-state index in [0.717, 1.165) is 50.5 Å². The van der Waals surface area contributed by atoms with Gasteiger partial charge in [-0.3, -0.25) is 19.5 Å². The SMILES string of the molecule is CCOC[C@H]1COc2ncc(Cc3ccc(F)cc3)cc2N1C(=O)CN1C[C@@H](C)NC[C@@H]1CN1CCOC[C@H]1C. The number of nitrogens with zero attached hydrogens (tertiary/aromatic N) is 4. The number of ether oxygens (including phenoxy) is 3. The third kappa shape index (κ3) is 6.98. The molecule has 5 rings (SSSR count). The van der Waals surface area contributed by atoms with E-state index in [1.807, 2.05) is 17.9 Å². The molecule has 218 valence electrons. The predicted octanol–water partition coefficient (Wildman–Crippen LogP) is 2.33. The number of aromatic nitrogens is 1. The van der Waals surface area contributed by atoms with Gasteiger partial charge in [0.05, 0.1) is 32.4 Å². The van der Waals surface area contributed by atoms with Gasteiger partial charge in [0.15, 0.2) is 0 Å². The molecule has 4 atom stereocenters. The van der Waals surface area contributed by atoms with Crippen molar-refractivity contribution in [1.82, 2.24) is 20.1 Å². The van der Waals surface area contributed by atoms with Crippen LogP contribution in [0, 0.1) is 5.82 Å². The van der Waals surface area contributed by atoms with Gasteiger partial charge in [-0.05, 0) is 56.5 Å². The van der Waals surface area contributed by atoms with Crippen molar-refractivity contribution in [3.8, 4) is 5.88 Å². The fourth-order valence-corrected chi connectivity index (χ4v) is 5.82. The van der Waals surface area contributed by atoms with Crippen LogP contribution in [0.1, 0.15) is 31.9 Å². The first kappa shape index (κ1) is 28.9. The Morgan fingerprint density at radius 3 is 2.75 bits per heavy atom. The molecule has 0 spiro atoms. The highest BCUT2D eigenvalue weighted by Crippen LogP contribution is 2.34. The van der Waals surface area contributed by atoms with E-state index in [-0.39, 0.29) is 23.8 Å². The van der Waals surface area contributed by atoms with Crippen LogP contribution in [0.25, 0.3) is 0 Å². The second kappa shape index (κ2) is 13.4. The van der Waals surface area contributed by atoms with Gasteiger partial charge in [0.1, 0.15) is 18.1 Å². The lowest BCUT2D eigenvalue weighted by Crippen LogP contribution is -2.63. The highest BCUT2D eigenvalue weighted by Gasteiger charge is 2.37. The van der Waals surface area contributed by atoms with Crippen LogP contribution in [0.2, 0.25) is 0 Å². The van der Waals surface area contributed by atoms with E-state index < -0.39 is 0 Å². The standard InChI is InChI=1S/C30H42FN5O4/c1-4-38-19-27-20-40-30-28(12-24(13-33-30)11-23-5-7-25(31)8-6-23)36(27)29(37)17-35-15-21(2)32-14-26(35)16-34-9-10-39-18-22(34)3/h5-8,12-13,21-22,26-27,32H,4,9-11,14-20H2,1-3H3/t21-,22-,26-,27+/m1/s1. The molecule has 0 radical (unpaired) electrons. The molecule has 0 bridgehead atoms. The molecule has 1 amide bonds. The van der Waals surface area contributed by atoms with Crippen molar-refractivity contribution < 1.29 is 23.4 Å². The average Bonchev–Trinajstić information content (AvgIpc) is 2.95. The number of carbonyl (C=O) groups excluding carboxylic acids is 1. The number of pyridine rings is 1. The quantitative estimate of drug-likeness (QED) is 0.505. The highest BCUT2D eigenvalue weighted by molar-refractivity contribution is 5.97. The van der Waals surface area contributed by atoms with Crippen LogP contribution in [0.4, 0.5) is 10.1 Å². The summed E-state index contributed by atoms with van der Waals surface area (Å²) in [5.41, 5.74) is 2.57. The van der Waals surface area contributed by atoms with E-state index in [1.165, 1.54) is 12.1 Å². The minimum Gasteiger partial charge on any atom is -0.474 e. The molecule has 3 aliphatic heterocycles. The van der Waals surface area contributed by atoms with Gasteiger partial charge in [0.25, 0.3) is 0 Å². The molecule has 1 N–H and O–H groups in total. The lowest BCUT2D eigenvalue weighted by Gasteiger charge is -2.44. The summed E-state index contributed by atoms with van der Waals surface area (Å²) in [5, 5.41) is 3.61. The minimum absolute atomic E-state index is 0.0177. The summed E-state index contributed by atoms with van der Waals surface area (Å²) in [6, 6.07) is 9.07. The smallest absolute Gasteiger partial charge is 0.241 e. The Labute approximate surface area is 236 Å². The first-order chi connectivity index (χ1) is 19.4. The Bertz CT molecular complexity index is 1140. The zero-order valence-corrected chi connectivity index (χ0v) is 23.9. The van der Waals surface area contributed by atoms with E-state index in [0.29, 0.717) is 56.4 Å². The molecule has 0 aliphatic carbocycles. The lowest BCUT2D eigenvalue weighted by atomic mass is 10.0. The Balaban J connectivity index is 1.37. The first-order valence-electron chi connectivity index (χ1n) is 14.5. The summed E-state index contributed by atoms with van der Waals surface area (Å²) >= 11 is 0. The summed E-state index contributed by atoms with van der Waals surface area (Å²) in [4.78, 5) is 25.4. The van der Waals surface area contributed by atoms with Crippen molar-refractivity contribution in [2.75, 3.05) is 70.7 Å². The zero-order chi connectivity index (χ0) is 28.1. The maximum atomic E-state index is 14.2. The highest BCUT2D eigenvalue weighted by atomic mass is 19.1. The lowest BCUT2D eigenvalue weighted by molar-refractivity contribution is -0.122. The molecule has 10 heteroatoms. The van der Waals surface area contributed by atoms with Crippen LogP contribution in [-0.4, -0.2) is 111 Å². The van der Waals surface area contributed by atoms with Crippen molar-refractivity contribution in [3.05, 3.63) is 53.5 Å². The molecule has 4 heterocycles. The molecule has 1 aromatic heterocycles. The third-order valence-corrected chi connectivity index (χ3v) is 8.05. The number of nitrogens with one attached hydrogen (secondary N) is 1. The number of piperazine rings is 1. The number of benzene rings is 1. The molecule has 2 aromatic rings. The average molecular weight is 556 g/mol. The Morgan fingerprint density at radius 2 is 1.98 bits per heavy atom. The Hall–Kier alpha value is -2.63. The summed E-state index contributed by atoms with van der Waals surface area (Å²) < 4.78 is 30.8. The van der Waals surface area contributed by atoms with Gasteiger partial charge >= 0.3 is 0 Å². The number of amides is 1. The molecule has 1 aromatic carbocycles. The number of carbonyl (C=O) groups is 1. The van der Waals surface area contributed by atoms with Gasteiger partial charge in [0.2, 0.25) is 11.8 Å². The van der Waals surface area contributed by atoms with Crippen molar-refractivity contribution in [3.63, 3.8) is 0 Å². The fraction of sp³-hybridized carbons (Fsp3) is 0.600. The molecule has 2 saturated heterocycles. The van der Waals surface area contributed by atoms with Crippen LogP contribution in [-0.2, 0) is 20.7 Å². The summed E-state index contributed by atoms with van der Waals surface area (Å²) in [7, 11) is 0. The number of fused-ring (bicyclic) bond motifs is 1. The van der Waals surface area contributed by atoms with E-state index in [2.05, 4.69) is 33.9 Å². The van der Waals surface area contributed by atoms with Crippen LogP contribution < -0.4 is 15.0 Å². The van der Waals surface area contributed by atoms with Crippen LogP contribution in [0.15, 0.2) is 36.5 Å². The molecular weight excluding hydrogens is 513 g/mol. The predicted molar refractivity (Wildman–Crippen MR) is 151 cm³/mol. The van der Waals surface area contributed by atoms with Gasteiger partial charge in [-0.25, -0.2) is 9.37 Å². The second-order valence-corrected chi connectivity index (χ2v) is 11.2. The van der Waals surface area contributed by atoms with Crippen LogP contribution in [0.3, 0.4) is 0 Å². The number of halogens is 1. The first-order valence-corrected chi connectivity index (χ1v) is 14.5. The van der Waals surface area contributed by atoms with Crippen LogP contribution >= 0.6 is 0 Å². The molecule has 2 fully saturated rings. The summed E-state index contributed by atoms with van der Waals surface area (Å²) in [6.45, 7) is 12.8. The maximum absolute atomic E-state index is 14.2. The number of anilines is 1. The molecule has 40 heavy (non-hydrogen) atoms. The molecule has 0 saturated carbocycles. The number of hydrogen-bond acceptors (Lipinski definition) is 8. The third-order valence-electron chi connectivity index (χ3n) is 8.05. The van der Waals surface area contributed by atoms with Gasteiger partial charge in [-0.2, -0.15) is 0 Å². The zero-order valence-electron chi connectivity index (χ0n) is 23.9. The second-order valence-electron chi connectivity index (χ2n) is 11.2. The van der Waals surface area contributed by atoms with Crippen molar-refractivity contribution in [1.29, 1.82) is 0 Å². The van der Waals surface area contributed by atoms with E-state index in [4.69, 9.17) is 14.2 Å². The van der Waals surface area contributed by atoms with E-state index in [9.17, 15) is 9.18 Å². The van der Waals surface area contributed by atoms with Crippen molar-refractivity contribution >= 4 is 11.6 Å². The Kier molecular flexibility index (Phi) is 9.64. The van der Waals surface area contributed by atoms with Crippen molar-refractivity contribution in [2.24, 2.45) is 0 Å². The van der Waals surface area contributed by atoms with Gasteiger partial charge in [-0.15, -0.1) is 0 Å². The summed E-state index contributed by atoms with van der Waals surface area (Å²) in [6.07, 6.45) is 2.35. The minimum atomic E-state index is -0.264. The number of hydrogen-bond donors (Lipinski definition) is 1. The van der Waals surface area contributed by atoms with Crippen molar-refractivity contribution in [2.45, 2.75) is 51.4 Å². The monoisotopic (exact) mass is 555 g/mol. The van der Waals surface area contributed by atoms with Gasteiger partial charge in [-0.1, -0.05) is 12.1 Å². The number of rotatable bonds is 9. The van der Waals surface area contributed by atoms with E-state index >= 15 is 0 Å². The molecule has 0 unspecified atom stereocenters. The topological polar surface area (TPSA) is 79.4 Å². The van der Waals surface area contributed by atoms with Gasteiger partial charge < -0.3 is 19.5 Å². The Morgan fingerprint density at radius 1 is 1.15 bits per heavy atom. The maximum Gasteiger partial charge on any atom is 0.241 e. The molecule has 9 nitrogen and oxygen atoms in total. The largest absolute Gasteiger partial charge is 0.474 e.